The molecule has 1 rings (SSSR count). The zero-order valence-electron chi connectivity index (χ0n) is 12.9. The predicted molar refractivity (Wildman–Crippen MR) is 97.3 cm³/mol. The molecule has 0 amide bonds. The van der Waals surface area contributed by atoms with Crippen molar-refractivity contribution in [2.75, 3.05) is 33.4 Å². The van der Waals surface area contributed by atoms with Crippen molar-refractivity contribution in [3.8, 4) is 0 Å². The van der Waals surface area contributed by atoms with Gasteiger partial charge in [-0.1, -0.05) is 30.3 Å². The number of hydrogen-bond acceptors (Lipinski definition) is 3. The fourth-order valence-electron chi connectivity index (χ4n) is 1.73. The van der Waals surface area contributed by atoms with E-state index in [4.69, 9.17) is 4.74 Å². The molecule has 0 spiro atoms. The average molecular weight is 407 g/mol. The number of guanidine groups is 1. The van der Waals surface area contributed by atoms with Crippen molar-refractivity contribution in [3.05, 3.63) is 35.9 Å². The first-order valence-electron chi connectivity index (χ1n) is 6.89. The van der Waals surface area contributed by atoms with Gasteiger partial charge in [-0.3, -0.25) is 0 Å². The van der Waals surface area contributed by atoms with Crippen molar-refractivity contribution in [2.45, 2.75) is 19.4 Å². The molecule has 5 nitrogen and oxygen atoms in total. The van der Waals surface area contributed by atoms with Gasteiger partial charge in [0.2, 0.25) is 0 Å². The molecule has 3 N–H and O–H groups in total. The Bertz CT molecular complexity index is 411. The lowest BCUT2D eigenvalue weighted by Gasteiger charge is -2.22. The second-order valence-corrected chi connectivity index (χ2v) is 4.75. The maximum atomic E-state index is 10.5. The zero-order chi connectivity index (χ0) is 14.8. The summed E-state index contributed by atoms with van der Waals surface area (Å²) in [5.41, 5.74) is -0.123. The zero-order valence-corrected chi connectivity index (χ0v) is 15.3. The molecule has 1 unspecified atom stereocenters. The van der Waals surface area contributed by atoms with Crippen molar-refractivity contribution in [1.29, 1.82) is 0 Å². The molecule has 0 heterocycles. The molecule has 0 aromatic heterocycles. The highest BCUT2D eigenvalue weighted by molar-refractivity contribution is 14.0. The maximum absolute atomic E-state index is 10.5. The van der Waals surface area contributed by atoms with Gasteiger partial charge in [-0.2, -0.15) is 0 Å². The fraction of sp³-hybridized carbons (Fsp3) is 0.533. The second-order valence-electron chi connectivity index (χ2n) is 4.75. The molecule has 21 heavy (non-hydrogen) atoms. The molecule has 120 valence electrons. The van der Waals surface area contributed by atoms with Crippen LogP contribution in [0, 0.1) is 0 Å². The number of hydrogen-bond donors (Lipinski definition) is 3. The Morgan fingerprint density at radius 1 is 1.29 bits per heavy atom. The van der Waals surface area contributed by atoms with Crippen LogP contribution in [0.4, 0.5) is 0 Å². The van der Waals surface area contributed by atoms with E-state index in [-0.39, 0.29) is 24.0 Å². The van der Waals surface area contributed by atoms with Gasteiger partial charge in [0.1, 0.15) is 5.60 Å². The monoisotopic (exact) mass is 407 g/mol. The topological polar surface area (TPSA) is 65.9 Å². The van der Waals surface area contributed by atoms with E-state index in [1.54, 1.807) is 14.0 Å². The Morgan fingerprint density at radius 2 is 1.95 bits per heavy atom. The van der Waals surface area contributed by atoms with E-state index in [0.717, 1.165) is 12.1 Å². The highest BCUT2D eigenvalue weighted by Gasteiger charge is 2.22. The molecule has 0 aliphatic rings. The van der Waals surface area contributed by atoms with Crippen LogP contribution in [0.5, 0.6) is 0 Å². The molecule has 0 aliphatic heterocycles. The molecule has 1 aromatic carbocycles. The lowest BCUT2D eigenvalue weighted by atomic mass is 9.96. The van der Waals surface area contributed by atoms with E-state index in [0.29, 0.717) is 25.7 Å². The number of benzene rings is 1. The first kappa shape index (κ1) is 20.1. The van der Waals surface area contributed by atoms with Crippen molar-refractivity contribution in [3.63, 3.8) is 0 Å². The van der Waals surface area contributed by atoms with E-state index in [2.05, 4.69) is 15.6 Å². The highest BCUT2D eigenvalue weighted by atomic mass is 127. The molecule has 6 heteroatoms. The van der Waals surface area contributed by atoms with E-state index in [1.807, 2.05) is 37.3 Å². The molecule has 0 saturated carbocycles. The van der Waals surface area contributed by atoms with Crippen molar-refractivity contribution in [2.24, 2.45) is 4.99 Å². The molecule has 0 radical (unpaired) electrons. The molecule has 0 aliphatic carbocycles. The number of rotatable bonds is 7. The van der Waals surface area contributed by atoms with Crippen LogP contribution in [-0.4, -0.2) is 44.4 Å². The minimum absolute atomic E-state index is 0. The van der Waals surface area contributed by atoms with Crippen LogP contribution >= 0.6 is 24.0 Å². The van der Waals surface area contributed by atoms with Gasteiger partial charge in [-0.05, 0) is 19.4 Å². The van der Waals surface area contributed by atoms with Gasteiger partial charge in [-0.15, -0.1) is 24.0 Å². The number of methoxy groups -OCH3 is 1. The predicted octanol–water partition coefficient (Wildman–Crippen LogP) is 1.71. The minimum Gasteiger partial charge on any atom is -0.384 e. The van der Waals surface area contributed by atoms with Crippen LogP contribution in [0.1, 0.15) is 19.4 Å². The molecule has 0 bridgehead atoms. The van der Waals surface area contributed by atoms with E-state index in [9.17, 15) is 5.11 Å². The number of nitrogens with one attached hydrogen (secondary N) is 2. The van der Waals surface area contributed by atoms with Crippen LogP contribution in [0.25, 0.3) is 0 Å². The van der Waals surface area contributed by atoms with Crippen molar-refractivity contribution in [1.82, 2.24) is 10.6 Å². The number of nitrogens with zero attached hydrogens (tertiary/aromatic N) is 1. The number of halogens is 1. The fourth-order valence-corrected chi connectivity index (χ4v) is 1.73. The SMILES string of the molecule is CCNC(=NCC(C)(O)c1ccccc1)NCCOC.I. The first-order valence-corrected chi connectivity index (χ1v) is 6.89. The van der Waals surface area contributed by atoms with Gasteiger partial charge >= 0.3 is 0 Å². The van der Waals surface area contributed by atoms with Crippen LogP contribution in [-0.2, 0) is 10.3 Å². The summed E-state index contributed by atoms with van der Waals surface area (Å²) >= 11 is 0. The normalized spacial score (nSPS) is 14.0. The summed E-state index contributed by atoms with van der Waals surface area (Å²) in [5, 5.41) is 16.8. The van der Waals surface area contributed by atoms with Gasteiger partial charge in [0.25, 0.3) is 0 Å². The number of aliphatic hydroxyl groups is 1. The summed E-state index contributed by atoms with van der Waals surface area (Å²) in [4.78, 5) is 4.42. The second kappa shape index (κ2) is 10.8. The molecule has 1 atom stereocenters. The Balaban J connectivity index is 0.00000400. The average Bonchev–Trinajstić information content (AvgIpc) is 2.46. The van der Waals surface area contributed by atoms with Crippen LogP contribution in [0.2, 0.25) is 0 Å². The summed E-state index contributed by atoms with van der Waals surface area (Å²) in [6.07, 6.45) is 0. The van der Waals surface area contributed by atoms with Gasteiger partial charge in [0, 0.05) is 20.2 Å². The standard InChI is InChI=1S/C15H25N3O2.HI/c1-4-16-14(17-10-11-20-3)18-12-15(2,19)13-8-6-5-7-9-13;/h5-9,19H,4,10-12H2,1-3H3,(H2,16,17,18);1H. The van der Waals surface area contributed by atoms with Gasteiger partial charge in [0.15, 0.2) is 5.96 Å². The summed E-state index contributed by atoms with van der Waals surface area (Å²) < 4.78 is 4.99. The number of aliphatic imine (C=N–C) groups is 1. The summed E-state index contributed by atoms with van der Waals surface area (Å²) in [6, 6.07) is 9.56. The quantitative estimate of drug-likeness (QED) is 0.279. The Labute approximate surface area is 144 Å². The van der Waals surface area contributed by atoms with Crippen molar-refractivity contribution < 1.29 is 9.84 Å². The van der Waals surface area contributed by atoms with Gasteiger partial charge in [-0.25, -0.2) is 4.99 Å². The molecular formula is C15H26IN3O2. The molecule has 0 fully saturated rings. The van der Waals surface area contributed by atoms with Crippen LogP contribution in [0.3, 0.4) is 0 Å². The highest BCUT2D eigenvalue weighted by Crippen LogP contribution is 2.20. The summed E-state index contributed by atoms with van der Waals surface area (Å²) in [5.74, 6) is 0.681. The van der Waals surface area contributed by atoms with E-state index in [1.165, 1.54) is 0 Å². The van der Waals surface area contributed by atoms with E-state index >= 15 is 0 Å². The number of ether oxygens (including phenoxy) is 1. The summed E-state index contributed by atoms with van der Waals surface area (Å²) in [6.45, 7) is 6.12. The lowest BCUT2D eigenvalue weighted by molar-refractivity contribution is 0.0672. The Kier molecular flexibility index (Phi) is 10.4. The Morgan fingerprint density at radius 3 is 2.52 bits per heavy atom. The maximum Gasteiger partial charge on any atom is 0.191 e. The smallest absolute Gasteiger partial charge is 0.191 e. The van der Waals surface area contributed by atoms with Crippen LogP contribution in [0.15, 0.2) is 35.3 Å². The largest absolute Gasteiger partial charge is 0.384 e. The Hall–Kier alpha value is -0.860. The van der Waals surface area contributed by atoms with Gasteiger partial charge < -0.3 is 20.5 Å². The van der Waals surface area contributed by atoms with Gasteiger partial charge in [0.05, 0.1) is 13.2 Å². The third-order valence-electron chi connectivity index (χ3n) is 2.88. The third kappa shape index (κ3) is 7.63. The van der Waals surface area contributed by atoms with Crippen molar-refractivity contribution >= 4 is 29.9 Å². The van der Waals surface area contributed by atoms with Crippen LogP contribution < -0.4 is 10.6 Å². The molecule has 0 saturated heterocycles. The lowest BCUT2D eigenvalue weighted by Crippen LogP contribution is -2.40. The first-order chi connectivity index (χ1) is 9.60. The van der Waals surface area contributed by atoms with E-state index < -0.39 is 5.60 Å². The third-order valence-corrected chi connectivity index (χ3v) is 2.88. The molecule has 1 aromatic rings. The summed E-state index contributed by atoms with van der Waals surface area (Å²) in [7, 11) is 1.66. The minimum atomic E-state index is -0.981. The molecular weight excluding hydrogens is 381 g/mol.